The van der Waals surface area contributed by atoms with Crippen LogP contribution in [0, 0.1) is 5.92 Å². The smallest absolute Gasteiger partial charge is 0.410 e. The van der Waals surface area contributed by atoms with Crippen molar-refractivity contribution in [3.05, 3.63) is 24.3 Å². The van der Waals surface area contributed by atoms with Crippen molar-refractivity contribution in [1.82, 2.24) is 19.4 Å². The van der Waals surface area contributed by atoms with Gasteiger partial charge in [-0.05, 0) is 58.6 Å². The van der Waals surface area contributed by atoms with Crippen molar-refractivity contribution in [2.75, 3.05) is 32.4 Å². The maximum Gasteiger partial charge on any atom is 0.410 e. The molecule has 0 aliphatic carbocycles. The van der Waals surface area contributed by atoms with E-state index >= 15 is 0 Å². The molecule has 2 heterocycles. The van der Waals surface area contributed by atoms with Gasteiger partial charge in [0, 0.05) is 33.2 Å². The minimum absolute atomic E-state index is 0.129. The van der Waals surface area contributed by atoms with Crippen molar-refractivity contribution in [3.63, 3.8) is 0 Å². The number of imidazole rings is 1. The largest absolute Gasteiger partial charge is 0.444 e. The molecule has 3 rings (SSSR count). The first-order valence-electron chi connectivity index (χ1n) is 11.0. The van der Waals surface area contributed by atoms with Gasteiger partial charge in [-0.1, -0.05) is 23.9 Å². The van der Waals surface area contributed by atoms with Gasteiger partial charge in [0.05, 0.1) is 16.8 Å². The molecule has 1 fully saturated rings. The number of hydrogen-bond donors (Lipinski definition) is 0. The number of aromatic nitrogens is 2. The zero-order chi connectivity index (χ0) is 22.6. The quantitative estimate of drug-likeness (QED) is 0.621. The zero-order valence-corrected chi connectivity index (χ0v) is 20.1. The SMILES string of the molecule is CCn1c(SCC(=O)N2CCCC(CN(C)C(=O)OC(C)(C)C)C2)nc2ccccc21. The average Bonchev–Trinajstić information content (AvgIpc) is 3.08. The fourth-order valence-electron chi connectivity index (χ4n) is 3.93. The van der Waals surface area contributed by atoms with Gasteiger partial charge >= 0.3 is 6.09 Å². The lowest BCUT2D eigenvalue weighted by molar-refractivity contribution is -0.130. The minimum Gasteiger partial charge on any atom is -0.444 e. The van der Waals surface area contributed by atoms with Crippen LogP contribution in [0.1, 0.15) is 40.5 Å². The van der Waals surface area contributed by atoms with E-state index in [1.165, 1.54) is 11.8 Å². The molecule has 0 radical (unpaired) electrons. The van der Waals surface area contributed by atoms with Gasteiger partial charge in [0.1, 0.15) is 5.60 Å². The number of piperidine rings is 1. The number of likely N-dealkylation sites (tertiary alicyclic amines) is 1. The summed E-state index contributed by atoms with van der Waals surface area (Å²) in [4.78, 5) is 33.4. The molecule has 1 aromatic heterocycles. The first kappa shape index (κ1) is 23.4. The summed E-state index contributed by atoms with van der Waals surface area (Å²) in [5, 5.41) is 0.885. The van der Waals surface area contributed by atoms with E-state index in [9.17, 15) is 9.59 Å². The molecule has 1 aromatic carbocycles. The summed E-state index contributed by atoms with van der Waals surface area (Å²) in [6.07, 6.45) is 1.65. The molecule has 2 aromatic rings. The molecular weight excluding hydrogens is 412 g/mol. The molecule has 1 unspecified atom stereocenters. The monoisotopic (exact) mass is 446 g/mol. The lowest BCUT2D eigenvalue weighted by Crippen LogP contribution is -2.45. The van der Waals surface area contributed by atoms with E-state index in [-0.39, 0.29) is 17.9 Å². The number of thioether (sulfide) groups is 1. The number of aryl methyl sites for hydroxylation is 1. The van der Waals surface area contributed by atoms with E-state index < -0.39 is 5.60 Å². The summed E-state index contributed by atoms with van der Waals surface area (Å²) in [7, 11) is 1.76. The highest BCUT2D eigenvalue weighted by Crippen LogP contribution is 2.25. The van der Waals surface area contributed by atoms with Crippen molar-refractivity contribution in [1.29, 1.82) is 0 Å². The van der Waals surface area contributed by atoms with Crippen LogP contribution in [0.25, 0.3) is 11.0 Å². The van der Waals surface area contributed by atoms with Crippen molar-refractivity contribution in [2.24, 2.45) is 5.92 Å². The van der Waals surface area contributed by atoms with E-state index in [1.807, 2.05) is 43.9 Å². The third kappa shape index (κ3) is 6.15. The Balaban J connectivity index is 1.55. The fraction of sp³-hybridized carbons (Fsp3) is 0.609. The van der Waals surface area contributed by atoms with Gasteiger partial charge in [0.25, 0.3) is 0 Å². The highest BCUT2D eigenvalue weighted by atomic mass is 32.2. The second kappa shape index (κ2) is 9.94. The van der Waals surface area contributed by atoms with Crippen LogP contribution in [0.15, 0.2) is 29.4 Å². The Labute approximate surface area is 189 Å². The topological polar surface area (TPSA) is 67.7 Å². The first-order chi connectivity index (χ1) is 14.7. The molecule has 170 valence electrons. The number of carbonyl (C=O) groups is 2. The molecule has 0 N–H and O–H groups in total. The Bertz CT molecular complexity index is 921. The van der Waals surface area contributed by atoms with Crippen LogP contribution in [0.4, 0.5) is 4.79 Å². The number of benzene rings is 1. The fourth-order valence-corrected chi connectivity index (χ4v) is 4.91. The third-order valence-electron chi connectivity index (χ3n) is 5.37. The van der Waals surface area contributed by atoms with Gasteiger partial charge in [-0.3, -0.25) is 4.79 Å². The van der Waals surface area contributed by atoms with Gasteiger partial charge in [-0.2, -0.15) is 0 Å². The van der Waals surface area contributed by atoms with Crippen molar-refractivity contribution >= 4 is 34.8 Å². The number of fused-ring (bicyclic) bond motifs is 1. The Morgan fingerprint density at radius 3 is 2.74 bits per heavy atom. The normalized spacial score (nSPS) is 17.1. The zero-order valence-electron chi connectivity index (χ0n) is 19.3. The Morgan fingerprint density at radius 2 is 2.03 bits per heavy atom. The average molecular weight is 447 g/mol. The molecule has 1 aliphatic heterocycles. The van der Waals surface area contributed by atoms with Gasteiger partial charge in [-0.15, -0.1) is 0 Å². The van der Waals surface area contributed by atoms with E-state index in [2.05, 4.69) is 17.6 Å². The summed E-state index contributed by atoms with van der Waals surface area (Å²) in [5.74, 6) is 0.766. The summed E-state index contributed by atoms with van der Waals surface area (Å²) in [5.41, 5.74) is 1.55. The highest BCUT2D eigenvalue weighted by Gasteiger charge is 2.27. The van der Waals surface area contributed by atoms with Crippen LogP contribution in [0.2, 0.25) is 0 Å². The number of para-hydroxylation sites is 2. The predicted octanol–water partition coefficient (Wildman–Crippen LogP) is 4.25. The van der Waals surface area contributed by atoms with E-state index in [0.717, 1.165) is 42.1 Å². The summed E-state index contributed by atoms with van der Waals surface area (Å²) < 4.78 is 7.60. The van der Waals surface area contributed by atoms with Crippen LogP contribution < -0.4 is 0 Å². The van der Waals surface area contributed by atoms with E-state index in [1.54, 1.807) is 11.9 Å². The number of rotatable bonds is 6. The minimum atomic E-state index is -0.508. The lowest BCUT2D eigenvalue weighted by atomic mass is 9.97. The van der Waals surface area contributed by atoms with Gasteiger partial charge < -0.3 is 19.1 Å². The summed E-state index contributed by atoms with van der Waals surface area (Å²) in [6, 6.07) is 8.06. The van der Waals surface area contributed by atoms with Crippen molar-refractivity contribution in [2.45, 2.75) is 57.8 Å². The van der Waals surface area contributed by atoms with Crippen LogP contribution in [-0.2, 0) is 16.1 Å². The van der Waals surface area contributed by atoms with E-state index in [4.69, 9.17) is 9.72 Å². The number of amides is 2. The molecule has 31 heavy (non-hydrogen) atoms. The molecule has 7 nitrogen and oxygen atoms in total. The molecule has 1 atom stereocenters. The van der Waals surface area contributed by atoms with E-state index in [0.29, 0.717) is 18.8 Å². The number of ether oxygens (including phenoxy) is 1. The lowest BCUT2D eigenvalue weighted by Gasteiger charge is -2.35. The van der Waals surface area contributed by atoms with Gasteiger partial charge in [0.2, 0.25) is 5.91 Å². The second-order valence-electron chi connectivity index (χ2n) is 9.12. The molecular formula is C23H34N4O3S. The molecule has 8 heteroatoms. The van der Waals surface area contributed by atoms with Crippen LogP contribution in [0.5, 0.6) is 0 Å². The summed E-state index contributed by atoms with van der Waals surface area (Å²) in [6.45, 7) is 10.6. The summed E-state index contributed by atoms with van der Waals surface area (Å²) >= 11 is 1.50. The number of nitrogens with zero attached hydrogens (tertiary/aromatic N) is 4. The van der Waals surface area contributed by atoms with Crippen LogP contribution in [0.3, 0.4) is 0 Å². The Morgan fingerprint density at radius 1 is 1.29 bits per heavy atom. The molecule has 1 aliphatic rings. The first-order valence-corrected chi connectivity index (χ1v) is 12.0. The number of carbonyl (C=O) groups excluding carboxylic acids is 2. The predicted molar refractivity (Wildman–Crippen MR) is 124 cm³/mol. The van der Waals surface area contributed by atoms with Gasteiger partial charge in [0.15, 0.2) is 5.16 Å². The number of hydrogen-bond acceptors (Lipinski definition) is 5. The molecule has 1 saturated heterocycles. The second-order valence-corrected chi connectivity index (χ2v) is 10.1. The molecule has 0 bridgehead atoms. The third-order valence-corrected chi connectivity index (χ3v) is 6.33. The molecule has 0 spiro atoms. The maximum atomic E-state index is 12.9. The Hall–Kier alpha value is -2.22. The molecule has 0 saturated carbocycles. The molecule has 2 amide bonds. The maximum absolute atomic E-state index is 12.9. The standard InChI is InChI=1S/C23H34N4O3S/c1-6-27-19-12-8-7-11-18(19)24-21(27)31-16-20(28)26-13-9-10-17(15-26)14-25(5)22(29)30-23(2,3)4/h7-8,11-12,17H,6,9-10,13-16H2,1-5H3. The van der Waals surface area contributed by atoms with Crippen molar-refractivity contribution in [3.8, 4) is 0 Å². The van der Waals surface area contributed by atoms with Crippen LogP contribution >= 0.6 is 11.8 Å². The van der Waals surface area contributed by atoms with Crippen LogP contribution in [-0.4, -0.2) is 69.4 Å². The van der Waals surface area contributed by atoms with Gasteiger partial charge in [-0.25, -0.2) is 9.78 Å². The van der Waals surface area contributed by atoms with Crippen molar-refractivity contribution < 1.29 is 14.3 Å². The highest BCUT2D eigenvalue weighted by molar-refractivity contribution is 7.99. The Kier molecular flexibility index (Phi) is 7.51.